The Labute approximate surface area is 217 Å². The van der Waals surface area contributed by atoms with Crippen LogP contribution >= 0.6 is 19.8 Å². The number of carbonyl (C=O) groups is 1. The van der Waals surface area contributed by atoms with Gasteiger partial charge in [-0.05, 0) is 40.0 Å². The summed E-state index contributed by atoms with van der Waals surface area (Å²) in [6.07, 6.45) is -0.646. The monoisotopic (exact) mass is 561 g/mol. The van der Waals surface area contributed by atoms with Gasteiger partial charge >= 0.3 is 5.97 Å². The summed E-state index contributed by atoms with van der Waals surface area (Å²) in [7, 11) is -3.11. The number of hydrogen-bond acceptors (Lipinski definition) is 11. The first-order valence-electron chi connectivity index (χ1n) is 12.1. The van der Waals surface area contributed by atoms with Gasteiger partial charge in [0.15, 0.2) is 35.0 Å². The number of rotatable bonds is 10. The molecule has 0 aromatic carbocycles. The third-order valence-corrected chi connectivity index (χ3v) is 8.56. The Hall–Kier alpha value is -2.09. The van der Waals surface area contributed by atoms with E-state index in [2.05, 4.69) is 25.4 Å². The quantitative estimate of drug-likeness (QED) is 0.188. The third kappa shape index (κ3) is 4.27. The number of nitrogens with two attached hydrogens (primary N) is 1. The van der Waals surface area contributed by atoms with E-state index in [1.165, 1.54) is 17.8 Å². The molecule has 5 rings (SSSR count). The topological polar surface area (TPSA) is 176 Å². The fraction of sp³-hybridized carbons (Fsp3) is 0.714. The van der Waals surface area contributed by atoms with E-state index in [0.717, 1.165) is 19.3 Å². The number of alkyl halides is 2. The van der Waals surface area contributed by atoms with Crippen LogP contribution < -0.4 is 16.1 Å². The number of fused-ring (bicyclic) bond motifs is 2. The number of anilines is 2. The van der Waals surface area contributed by atoms with Gasteiger partial charge < -0.3 is 30.2 Å². The maximum absolute atomic E-state index is 15.8. The van der Waals surface area contributed by atoms with Crippen LogP contribution in [0.3, 0.4) is 0 Å². The highest BCUT2D eigenvalue weighted by molar-refractivity contribution is 7.36. The molecule has 7 atom stereocenters. The molecule has 2 unspecified atom stereocenters. The molecule has 2 saturated carbocycles. The summed E-state index contributed by atoms with van der Waals surface area (Å²) < 4.78 is 46.1. The lowest BCUT2D eigenvalue weighted by Crippen LogP contribution is -2.35. The Morgan fingerprint density at radius 1 is 1.43 bits per heavy atom. The number of carbonyl (C=O) groups excluding carboxylic acids is 1. The predicted molar refractivity (Wildman–Crippen MR) is 132 cm³/mol. The second-order valence-corrected chi connectivity index (χ2v) is 11.3. The van der Waals surface area contributed by atoms with E-state index in [1.807, 2.05) is 0 Å². The number of hydrogen-bond donors (Lipinski definition) is 4. The number of nitrogens with one attached hydrogen (secondary N) is 2. The largest absolute Gasteiger partial charge is 0.462 e. The van der Waals surface area contributed by atoms with Gasteiger partial charge in [-0.1, -0.05) is 0 Å². The fourth-order valence-electron chi connectivity index (χ4n) is 4.77. The summed E-state index contributed by atoms with van der Waals surface area (Å²) in [6, 6.07) is -0.703. The van der Waals surface area contributed by atoms with E-state index < -0.39 is 49.9 Å². The average molecular weight is 562 g/mol. The van der Waals surface area contributed by atoms with Crippen molar-refractivity contribution in [2.45, 2.75) is 87.9 Å². The first-order valence-corrected chi connectivity index (χ1v) is 13.9. The van der Waals surface area contributed by atoms with Crippen LogP contribution in [0.4, 0.5) is 16.2 Å². The average Bonchev–Trinajstić information content (AvgIpc) is 3.05. The number of ether oxygens (including phenoxy) is 2. The molecular weight excluding hydrogens is 532 g/mol. The molecule has 2 aromatic heterocycles. The van der Waals surface area contributed by atoms with Crippen molar-refractivity contribution in [1.82, 2.24) is 24.6 Å². The summed E-state index contributed by atoms with van der Waals surface area (Å²) in [6.45, 7) is 4.81. The van der Waals surface area contributed by atoms with Crippen LogP contribution in [0.1, 0.15) is 46.3 Å². The van der Waals surface area contributed by atoms with E-state index in [4.69, 9.17) is 31.3 Å². The summed E-state index contributed by atoms with van der Waals surface area (Å²) in [4.78, 5) is 24.7. The highest BCUT2D eigenvalue weighted by Gasteiger charge is 2.89. The van der Waals surface area contributed by atoms with Gasteiger partial charge in [0, 0.05) is 6.04 Å². The Kier molecular flexibility index (Phi) is 6.87. The molecule has 37 heavy (non-hydrogen) atoms. The minimum atomic E-state index is -3.11. The number of nitrogen functional groups attached to an aromatic ring is 1. The van der Waals surface area contributed by atoms with Crippen molar-refractivity contribution in [1.29, 1.82) is 0 Å². The summed E-state index contributed by atoms with van der Waals surface area (Å²) >= 11 is 6.11. The number of imidazole rings is 1. The van der Waals surface area contributed by atoms with E-state index in [0.29, 0.717) is 11.3 Å². The lowest BCUT2D eigenvalue weighted by Gasteiger charge is -2.27. The minimum Gasteiger partial charge on any atom is -0.462 e. The number of halogens is 2. The molecule has 16 heteroatoms. The first-order chi connectivity index (χ1) is 17.5. The van der Waals surface area contributed by atoms with Gasteiger partial charge in [0.25, 0.3) is 8.18 Å². The van der Waals surface area contributed by atoms with Gasteiger partial charge in [-0.3, -0.25) is 13.9 Å². The smallest absolute Gasteiger partial charge is 0.323 e. The van der Waals surface area contributed by atoms with Gasteiger partial charge in [-0.25, -0.2) is 14.5 Å². The zero-order valence-corrected chi connectivity index (χ0v) is 22.2. The number of nitrogens with zero attached hydrogens (tertiary/aromatic N) is 4. The number of aromatic nitrogens is 4. The molecule has 2 aromatic rings. The molecule has 13 nitrogen and oxygen atoms in total. The van der Waals surface area contributed by atoms with Crippen molar-refractivity contribution < 1.29 is 32.9 Å². The molecule has 2 aliphatic carbocycles. The molecule has 1 aliphatic heterocycles. The Balaban J connectivity index is 1.33. The maximum atomic E-state index is 15.8. The van der Waals surface area contributed by atoms with Crippen LogP contribution in [-0.4, -0.2) is 78.1 Å². The second kappa shape index (κ2) is 9.58. The van der Waals surface area contributed by atoms with Gasteiger partial charge in [0.2, 0.25) is 5.95 Å². The predicted octanol–water partition coefficient (Wildman–Crippen LogP) is 1.67. The summed E-state index contributed by atoms with van der Waals surface area (Å²) in [5, 5.41) is 17.0. The maximum Gasteiger partial charge on any atom is 0.323 e. The molecule has 3 fully saturated rings. The highest BCUT2D eigenvalue weighted by Crippen LogP contribution is 2.67. The molecule has 3 heterocycles. The summed E-state index contributed by atoms with van der Waals surface area (Å²) in [5.41, 5.74) is 2.64. The molecule has 3 aliphatic rings. The molecule has 1 saturated heterocycles. The Morgan fingerprint density at radius 2 is 2.16 bits per heavy atom. The SMILES string of the molecule is CC(C)OC(=O)[C@H](C)N[PH](=O)OC1[C@@]2(CCl)O[C@@H](n3cnc4c(NC5CCC5)nc(N)nc43)[C@H](F)[C@@]12O. The minimum absolute atomic E-state index is 0.0311. The first kappa shape index (κ1) is 26.5. The van der Waals surface area contributed by atoms with Crippen molar-refractivity contribution in [2.24, 2.45) is 0 Å². The van der Waals surface area contributed by atoms with Crippen molar-refractivity contribution in [3.8, 4) is 0 Å². The van der Waals surface area contributed by atoms with Crippen molar-refractivity contribution >= 4 is 48.7 Å². The molecule has 5 N–H and O–H groups in total. The van der Waals surface area contributed by atoms with Crippen LogP contribution in [0.15, 0.2) is 6.33 Å². The van der Waals surface area contributed by atoms with Crippen LogP contribution in [0.2, 0.25) is 0 Å². The Bertz CT molecular complexity index is 1230. The number of esters is 1. The zero-order chi connectivity index (χ0) is 26.7. The summed E-state index contributed by atoms with van der Waals surface area (Å²) in [5.74, 6) is -0.566. The van der Waals surface area contributed by atoms with E-state index in [-0.39, 0.29) is 29.6 Å². The van der Waals surface area contributed by atoms with E-state index in [1.54, 1.807) is 13.8 Å². The van der Waals surface area contributed by atoms with Gasteiger partial charge in [0.05, 0.1) is 18.3 Å². The molecule has 0 bridgehead atoms. The second-order valence-electron chi connectivity index (χ2n) is 9.92. The van der Waals surface area contributed by atoms with Crippen LogP contribution in [-0.2, 0) is 23.4 Å². The zero-order valence-electron chi connectivity index (χ0n) is 20.5. The highest BCUT2D eigenvalue weighted by atomic mass is 35.5. The van der Waals surface area contributed by atoms with Crippen LogP contribution in [0.5, 0.6) is 0 Å². The van der Waals surface area contributed by atoms with E-state index >= 15 is 4.39 Å². The molecular formula is C21H30ClFN7O6P. The Morgan fingerprint density at radius 3 is 2.76 bits per heavy atom. The van der Waals surface area contributed by atoms with Crippen LogP contribution in [0.25, 0.3) is 11.2 Å². The van der Waals surface area contributed by atoms with Crippen molar-refractivity contribution in [3.63, 3.8) is 0 Å². The van der Waals surface area contributed by atoms with Gasteiger partial charge in [-0.2, -0.15) is 9.97 Å². The number of aliphatic hydroxyl groups is 1. The van der Waals surface area contributed by atoms with Gasteiger partial charge in [0.1, 0.15) is 17.7 Å². The van der Waals surface area contributed by atoms with Crippen molar-refractivity contribution in [2.75, 3.05) is 16.9 Å². The standard InChI is InChI=1S/C21H30ClFN7O6P/c1-9(2)34-17(31)10(3)29-37(33)36-18-20(7-22)21(18,32)13(23)16(35-20)30-8-25-12-14(26-11-5-4-6-11)27-19(24)28-15(12)30/h8-11,13,16,18,32,37H,4-7H2,1-3H3,(H,29,33)(H3,24,26,27,28)/t10-,13-,16+,18?,20+,21+/m0/s1. The van der Waals surface area contributed by atoms with Gasteiger partial charge in [-0.15, -0.1) is 11.6 Å². The lowest BCUT2D eigenvalue weighted by atomic mass is 9.93. The van der Waals surface area contributed by atoms with Crippen molar-refractivity contribution in [3.05, 3.63) is 6.33 Å². The third-order valence-electron chi connectivity index (χ3n) is 7.04. The molecule has 0 amide bonds. The fourth-order valence-corrected chi connectivity index (χ4v) is 6.32. The normalized spacial score (nSPS) is 32.7. The van der Waals surface area contributed by atoms with Crippen LogP contribution in [0, 0.1) is 0 Å². The molecule has 0 spiro atoms. The molecule has 0 radical (unpaired) electrons. The lowest BCUT2D eigenvalue weighted by molar-refractivity contribution is -0.149. The van der Waals surface area contributed by atoms with E-state index in [9.17, 15) is 14.5 Å². The molecule has 204 valence electrons.